The first kappa shape index (κ1) is 14.5. The van der Waals surface area contributed by atoms with E-state index in [1.165, 1.54) is 13.2 Å². The summed E-state index contributed by atoms with van der Waals surface area (Å²) in [6.07, 6.45) is 5.62. The molecule has 1 aromatic heterocycles. The summed E-state index contributed by atoms with van der Waals surface area (Å²) in [6, 6.07) is 4.55. The van der Waals surface area contributed by atoms with Crippen LogP contribution in [0.15, 0.2) is 30.6 Å². The summed E-state index contributed by atoms with van der Waals surface area (Å²) < 4.78 is 20.6. The van der Waals surface area contributed by atoms with Crippen molar-refractivity contribution >= 4 is 0 Å². The monoisotopic (exact) mass is 277 g/mol. The molecule has 2 N–H and O–H groups in total. The molecule has 108 valence electrons. The number of halogens is 1. The van der Waals surface area contributed by atoms with E-state index < -0.39 is 0 Å². The molecule has 0 amide bonds. The number of nitrogens with zero attached hydrogens (tertiary/aromatic N) is 2. The van der Waals surface area contributed by atoms with Gasteiger partial charge in [0.1, 0.15) is 5.82 Å². The molecule has 0 bridgehead atoms. The van der Waals surface area contributed by atoms with Crippen molar-refractivity contribution in [2.24, 2.45) is 5.73 Å². The van der Waals surface area contributed by atoms with Crippen LogP contribution in [0, 0.1) is 5.82 Å². The number of aromatic nitrogens is 2. The zero-order valence-electron chi connectivity index (χ0n) is 11.8. The average Bonchev–Trinajstić information content (AvgIpc) is 2.86. The van der Waals surface area contributed by atoms with Gasteiger partial charge in [-0.2, -0.15) is 0 Å². The van der Waals surface area contributed by atoms with Crippen LogP contribution < -0.4 is 10.5 Å². The molecule has 1 atom stereocenters. The lowest BCUT2D eigenvalue weighted by Gasteiger charge is -2.15. The maximum absolute atomic E-state index is 13.7. The first-order valence-corrected chi connectivity index (χ1v) is 6.74. The van der Waals surface area contributed by atoms with Gasteiger partial charge in [-0.1, -0.05) is 13.0 Å². The topological polar surface area (TPSA) is 53.1 Å². The van der Waals surface area contributed by atoms with Crippen LogP contribution in [-0.2, 0) is 13.0 Å². The number of hydrogen-bond acceptors (Lipinski definition) is 3. The van der Waals surface area contributed by atoms with Crippen LogP contribution >= 0.6 is 0 Å². The molecule has 0 fully saturated rings. The minimum Gasteiger partial charge on any atom is -0.494 e. The Balaban J connectivity index is 2.13. The summed E-state index contributed by atoms with van der Waals surface area (Å²) >= 11 is 0. The lowest BCUT2D eigenvalue weighted by molar-refractivity contribution is 0.385. The van der Waals surface area contributed by atoms with Gasteiger partial charge in [-0.05, 0) is 24.1 Å². The Morgan fingerprint density at radius 1 is 1.45 bits per heavy atom. The maximum atomic E-state index is 13.7. The molecule has 2 rings (SSSR count). The van der Waals surface area contributed by atoms with Crippen molar-refractivity contribution in [2.45, 2.75) is 32.4 Å². The molecule has 4 nitrogen and oxygen atoms in total. The molecule has 0 saturated carbocycles. The van der Waals surface area contributed by atoms with Gasteiger partial charge in [0, 0.05) is 31.4 Å². The highest BCUT2D eigenvalue weighted by atomic mass is 19.1. The molecular weight excluding hydrogens is 257 g/mol. The molecule has 20 heavy (non-hydrogen) atoms. The standard InChI is InChI=1S/C15H20FN3O/c1-3-4-15-18-7-8-19(15)10-13(17)11-5-6-14(20-2)12(16)9-11/h5-9,13H,3-4,10,17H2,1-2H3. The number of hydrogen-bond donors (Lipinski definition) is 1. The third-order valence-corrected chi connectivity index (χ3v) is 3.27. The van der Waals surface area contributed by atoms with E-state index in [1.54, 1.807) is 18.3 Å². The quantitative estimate of drug-likeness (QED) is 0.883. The molecule has 0 spiro atoms. The second-order valence-corrected chi connectivity index (χ2v) is 4.75. The SMILES string of the molecule is CCCc1nccn1CC(N)c1ccc(OC)c(F)c1. The first-order valence-electron chi connectivity index (χ1n) is 6.74. The molecular formula is C15H20FN3O. The van der Waals surface area contributed by atoms with Crippen molar-refractivity contribution in [1.29, 1.82) is 0 Å². The minimum atomic E-state index is -0.389. The Morgan fingerprint density at radius 2 is 2.25 bits per heavy atom. The summed E-state index contributed by atoms with van der Waals surface area (Å²) in [5.74, 6) is 0.854. The van der Waals surface area contributed by atoms with Crippen molar-refractivity contribution < 1.29 is 9.13 Å². The maximum Gasteiger partial charge on any atom is 0.165 e. The van der Waals surface area contributed by atoms with Gasteiger partial charge >= 0.3 is 0 Å². The lowest BCUT2D eigenvalue weighted by Crippen LogP contribution is -2.19. The molecule has 1 heterocycles. The highest BCUT2D eigenvalue weighted by Gasteiger charge is 2.12. The lowest BCUT2D eigenvalue weighted by atomic mass is 10.1. The summed E-state index contributed by atoms with van der Waals surface area (Å²) in [6.45, 7) is 2.69. The minimum absolute atomic E-state index is 0.232. The van der Waals surface area contributed by atoms with E-state index in [1.807, 2.05) is 10.8 Å². The van der Waals surface area contributed by atoms with Crippen molar-refractivity contribution in [3.05, 3.63) is 47.8 Å². The molecule has 0 radical (unpaired) electrons. The molecule has 2 aromatic rings. The highest BCUT2D eigenvalue weighted by Crippen LogP contribution is 2.22. The van der Waals surface area contributed by atoms with Crippen LogP contribution in [0.1, 0.15) is 30.8 Å². The van der Waals surface area contributed by atoms with Gasteiger partial charge in [-0.15, -0.1) is 0 Å². The molecule has 1 unspecified atom stereocenters. The average molecular weight is 277 g/mol. The second-order valence-electron chi connectivity index (χ2n) is 4.75. The summed E-state index contributed by atoms with van der Waals surface area (Å²) in [5, 5.41) is 0. The van der Waals surface area contributed by atoms with E-state index in [9.17, 15) is 4.39 Å². The molecule has 0 aliphatic rings. The van der Waals surface area contributed by atoms with E-state index in [0.717, 1.165) is 24.2 Å². The highest BCUT2D eigenvalue weighted by molar-refractivity contribution is 5.30. The van der Waals surface area contributed by atoms with E-state index in [4.69, 9.17) is 10.5 Å². The van der Waals surface area contributed by atoms with E-state index in [2.05, 4.69) is 11.9 Å². The summed E-state index contributed by atoms with van der Waals surface area (Å²) in [7, 11) is 1.44. The Kier molecular flexibility index (Phi) is 4.74. The predicted molar refractivity (Wildman–Crippen MR) is 76.1 cm³/mol. The van der Waals surface area contributed by atoms with Gasteiger partial charge in [0.15, 0.2) is 11.6 Å². The van der Waals surface area contributed by atoms with Crippen molar-refractivity contribution in [3.63, 3.8) is 0 Å². The summed E-state index contributed by atoms with van der Waals surface area (Å²) in [5.41, 5.74) is 6.91. The number of aryl methyl sites for hydroxylation is 1. The Hall–Kier alpha value is -1.88. The number of methoxy groups -OCH3 is 1. The third kappa shape index (κ3) is 3.17. The Bertz CT molecular complexity index is 568. The van der Waals surface area contributed by atoms with Gasteiger partial charge in [0.25, 0.3) is 0 Å². The largest absolute Gasteiger partial charge is 0.494 e. The molecule has 1 aromatic carbocycles. The smallest absolute Gasteiger partial charge is 0.165 e. The van der Waals surface area contributed by atoms with Gasteiger partial charge in [0.2, 0.25) is 0 Å². The zero-order valence-corrected chi connectivity index (χ0v) is 11.8. The predicted octanol–water partition coefficient (Wildman–Crippen LogP) is 2.68. The Labute approximate surface area is 118 Å². The third-order valence-electron chi connectivity index (χ3n) is 3.27. The zero-order chi connectivity index (χ0) is 14.5. The Morgan fingerprint density at radius 3 is 2.90 bits per heavy atom. The molecule has 0 saturated heterocycles. The van der Waals surface area contributed by atoms with Crippen LogP contribution in [0.2, 0.25) is 0 Å². The summed E-state index contributed by atoms with van der Waals surface area (Å²) in [4.78, 5) is 4.31. The van der Waals surface area contributed by atoms with E-state index in [-0.39, 0.29) is 17.6 Å². The van der Waals surface area contributed by atoms with Gasteiger partial charge < -0.3 is 15.0 Å². The fraction of sp³-hybridized carbons (Fsp3) is 0.400. The number of imidazole rings is 1. The number of nitrogens with two attached hydrogens (primary N) is 1. The van der Waals surface area contributed by atoms with Crippen molar-refractivity contribution in [3.8, 4) is 5.75 Å². The molecule has 0 aliphatic heterocycles. The van der Waals surface area contributed by atoms with Crippen LogP contribution in [-0.4, -0.2) is 16.7 Å². The number of rotatable bonds is 6. The number of benzene rings is 1. The second kappa shape index (κ2) is 6.52. The molecule has 5 heteroatoms. The fourth-order valence-electron chi connectivity index (χ4n) is 2.19. The van der Waals surface area contributed by atoms with Gasteiger partial charge in [0.05, 0.1) is 7.11 Å². The van der Waals surface area contributed by atoms with Crippen LogP contribution in [0.25, 0.3) is 0 Å². The first-order chi connectivity index (χ1) is 9.65. The van der Waals surface area contributed by atoms with Crippen molar-refractivity contribution in [2.75, 3.05) is 7.11 Å². The van der Waals surface area contributed by atoms with E-state index >= 15 is 0 Å². The fourth-order valence-corrected chi connectivity index (χ4v) is 2.19. The normalized spacial score (nSPS) is 12.4. The van der Waals surface area contributed by atoms with Gasteiger partial charge in [-0.25, -0.2) is 9.37 Å². The van der Waals surface area contributed by atoms with Crippen LogP contribution in [0.4, 0.5) is 4.39 Å². The molecule has 0 aliphatic carbocycles. The van der Waals surface area contributed by atoms with Crippen molar-refractivity contribution in [1.82, 2.24) is 9.55 Å². The van der Waals surface area contributed by atoms with Crippen LogP contribution in [0.3, 0.4) is 0 Å². The van der Waals surface area contributed by atoms with E-state index in [0.29, 0.717) is 6.54 Å². The van der Waals surface area contributed by atoms with Crippen LogP contribution in [0.5, 0.6) is 5.75 Å². The van der Waals surface area contributed by atoms with Gasteiger partial charge in [-0.3, -0.25) is 0 Å². The number of ether oxygens (including phenoxy) is 1.